The van der Waals surface area contributed by atoms with Crippen LogP contribution in [0.2, 0.25) is 0 Å². The largest absolute Gasteiger partial charge is 0.287 e. The van der Waals surface area contributed by atoms with Crippen LogP contribution in [0.1, 0.15) is 29.4 Å². The lowest BCUT2D eigenvalue weighted by molar-refractivity contribution is 0.102. The number of benzene rings is 1. The normalized spacial score (nSPS) is 10.7. The van der Waals surface area contributed by atoms with Gasteiger partial charge in [-0.15, -0.1) is 0 Å². The van der Waals surface area contributed by atoms with Gasteiger partial charge in [0, 0.05) is 11.0 Å². The van der Waals surface area contributed by atoms with Crippen molar-refractivity contribution in [3.63, 3.8) is 0 Å². The maximum Gasteiger partial charge on any atom is 0.215 e. The van der Waals surface area contributed by atoms with Gasteiger partial charge in [-0.2, -0.15) is 5.10 Å². The van der Waals surface area contributed by atoms with Crippen LogP contribution in [0.3, 0.4) is 0 Å². The van der Waals surface area contributed by atoms with Crippen molar-refractivity contribution in [3.05, 3.63) is 50.4 Å². The molecule has 0 spiro atoms. The molecule has 0 radical (unpaired) electrons. The van der Waals surface area contributed by atoms with Gasteiger partial charge >= 0.3 is 0 Å². The van der Waals surface area contributed by atoms with Crippen molar-refractivity contribution in [1.29, 1.82) is 0 Å². The zero-order valence-electron chi connectivity index (χ0n) is 10.2. The van der Waals surface area contributed by atoms with Crippen molar-refractivity contribution in [2.45, 2.75) is 19.9 Å². The fourth-order valence-corrected chi connectivity index (χ4v) is 2.58. The molecule has 0 aliphatic heterocycles. The molecule has 0 fully saturated rings. The summed E-state index contributed by atoms with van der Waals surface area (Å²) in [5, 5.41) is 4.12. The van der Waals surface area contributed by atoms with Crippen molar-refractivity contribution < 1.29 is 9.18 Å². The van der Waals surface area contributed by atoms with Crippen LogP contribution in [0.15, 0.2) is 33.3 Å². The van der Waals surface area contributed by atoms with Crippen molar-refractivity contribution in [1.82, 2.24) is 9.78 Å². The highest BCUT2D eigenvalue weighted by molar-refractivity contribution is 9.10. The Labute approximate surface area is 127 Å². The van der Waals surface area contributed by atoms with E-state index in [0.717, 1.165) is 6.42 Å². The van der Waals surface area contributed by atoms with Gasteiger partial charge in [-0.3, -0.25) is 9.48 Å². The molecule has 2 aromatic rings. The predicted octanol–water partition coefficient (Wildman–Crippen LogP) is 4.19. The summed E-state index contributed by atoms with van der Waals surface area (Å²) in [7, 11) is 0. The van der Waals surface area contributed by atoms with Gasteiger partial charge in [0.15, 0.2) is 0 Å². The van der Waals surface area contributed by atoms with Crippen molar-refractivity contribution >= 4 is 37.6 Å². The smallest absolute Gasteiger partial charge is 0.215 e. The van der Waals surface area contributed by atoms with E-state index in [-0.39, 0.29) is 11.3 Å². The van der Waals surface area contributed by atoms with Crippen LogP contribution in [-0.4, -0.2) is 15.6 Å². The number of hydrogen-bond donors (Lipinski definition) is 0. The van der Waals surface area contributed by atoms with Crippen molar-refractivity contribution in [2.75, 3.05) is 0 Å². The number of aromatic nitrogens is 2. The Morgan fingerprint density at radius 1 is 1.42 bits per heavy atom. The van der Waals surface area contributed by atoms with E-state index >= 15 is 0 Å². The van der Waals surface area contributed by atoms with Gasteiger partial charge in [-0.25, -0.2) is 4.39 Å². The molecular weight excluding hydrogens is 379 g/mol. The molecule has 0 saturated carbocycles. The SMILES string of the molecule is CCCn1ncc(Br)c1C(=O)c1ccc(Br)cc1F. The Kier molecular flexibility index (Phi) is 4.52. The fourth-order valence-electron chi connectivity index (χ4n) is 1.77. The highest BCUT2D eigenvalue weighted by atomic mass is 79.9. The molecule has 2 rings (SSSR count). The topological polar surface area (TPSA) is 34.9 Å². The summed E-state index contributed by atoms with van der Waals surface area (Å²) in [6.07, 6.45) is 2.40. The monoisotopic (exact) mass is 388 g/mol. The van der Waals surface area contributed by atoms with E-state index < -0.39 is 5.82 Å². The fraction of sp³-hybridized carbons (Fsp3) is 0.231. The third-order valence-corrected chi connectivity index (χ3v) is 3.69. The first kappa shape index (κ1) is 14.4. The van der Waals surface area contributed by atoms with Crippen LogP contribution in [0.4, 0.5) is 4.39 Å². The molecule has 100 valence electrons. The Hall–Kier alpha value is -1.01. The number of carbonyl (C=O) groups excluding carboxylic acids is 1. The molecule has 1 aromatic heterocycles. The first-order chi connectivity index (χ1) is 9.04. The highest BCUT2D eigenvalue weighted by Gasteiger charge is 2.21. The third kappa shape index (κ3) is 2.95. The molecule has 0 N–H and O–H groups in total. The van der Waals surface area contributed by atoms with E-state index in [9.17, 15) is 9.18 Å². The third-order valence-electron chi connectivity index (χ3n) is 2.62. The first-order valence-corrected chi connectivity index (χ1v) is 7.34. The van der Waals surface area contributed by atoms with Crippen molar-refractivity contribution in [3.8, 4) is 0 Å². The summed E-state index contributed by atoms with van der Waals surface area (Å²) < 4.78 is 16.6. The average molecular weight is 390 g/mol. The summed E-state index contributed by atoms with van der Waals surface area (Å²) in [4.78, 5) is 12.4. The average Bonchev–Trinajstić information content (AvgIpc) is 2.70. The Bertz CT molecular complexity index is 625. The summed E-state index contributed by atoms with van der Waals surface area (Å²) in [6.45, 7) is 2.61. The number of rotatable bonds is 4. The molecule has 0 saturated heterocycles. The molecule has 0 aliphatic rings. The van der Waals surface area contributed by atoms with Crippen LogP contribution >= 0.6 is 31.9 Å². The molecule has 6 heteroatoms. The molecule has 1 aromatic carbocycles. The van der Waals surface area contributed by atoms with Crippen molar-refractivity contribution in [2.24, 2.45) is 0 Å². The van der Waals surface area contributed by atoms with Crippen LogP contribution in [0, 0.1) is 5.82 Å². The van der Waals surface area contributed by atoms with Gasteiger partial charge < -0.3 is 0 Å². The molecular formula is C13H11Br2FN2O. The van der Waals surface area contributed by atoms with Gasteiger partial charge in [0.2, 0.25) is 5.78 Å². The number of aryl methyl sites for hydroxylation is 1. The minimum Gasteiger partial charge on any atom is -0.287 e. The maximum atomic E-state index is 13.8. The molecule has 19 heavy (non-hydrogen) atoms. The summed E-state index contributed by atoms with van der Waals surface area (Å²) in [5.74, 6) is -0.918. The minimum atomic E-state index is -0.546. The Morgan fingerprint density at radius 2 is 2.16 bits per heavy atom. The molecule has 0 bridgehead atoms. The molecule has 1 heterocycles. The number of carbonyl (C=O) groups is 1. The van der Waals surface area contributed by atoms with Gasteiger partial charge in [-0.1, -0.05) is 22.9 Å². The van der Waals surface area contributed by atoms with E-state index in [1.165, 1.54) is 12.1 Å². The van der Waals surface area contributed by atoms with Crippen LogP contribution in [-0.2, 0) is 6.54 Å². The quantitative estimate of drug-likeness (QED) is 0.735. The molecule has 3 nitrogen and oxygen atoms in total. The summed E-state index contributed by atoms with van der Waals surface area (Å²) in [6, 6.07) is 4.39. The molecule has 0 aliphatic carbocycles. The lowest BCUT2D eigenvalue weighted by Crippen LogP contribution is -2.13. The zero-order chi connectivity index (χ0) is 14.0. The standard InChI is InChI=1S/C13H11Br2FN2O/c1-2-5-18-12(10(15)7-17-18)13(19)9-4-3-8(14)6-11(9)16/h3-4,6-7H,2,5H2,1H3. The van der Waals surface area contributed by atoms with Gasteiger partial charge in [0.25, 0.3) is 0 Å². The Morgan fingerprint density at radius 3 is 2.79 bits per heavy atom. The molecule has 0 amide bonds. The van der Waals surface area contributed by atoms with E-state index in [1.807, 2.05) is 6.92 Å². The number of halogens is 3. The van der Waals surface area contributed by atoms with Crippen LogP contribution in [0.5, 0.6) is 0 Å². The van der Waals surface area contributed by atoms with E-state index in [4.69, 9.17) is 0 Å². The van der Waals surface area contributed by atoms with Gasteiger partial charge in [0.1, 0.15) is 11.5 Å². The second kappa shape index (κ2) is 5.96. The van der Waals surface area contributed by atoms with Crippen LogP contribution in [0.25, 0.3) is 0 Å². The van der Waals surface area contributed by atoms with Gasteiger partial charge in [-0.05, 0) is 40.5 Å². The second-order valence-corrected chi connectivity index (χ2v) is 5.79. The molecule has 0 unspecified atom stereocenters. The lowest BCUT2D eigenvalue weighted by Gasteiger charge is -2.07. The lowest BCUT2D eigenvalue weighted by atomic mass is 10.1. The van der Waals surface area contributed by atoms with E-state index in [1.54, 1.807) is 16.9 Å². The van der Waals surface area contributed by atoms with Crippen LogP contribution < -0.4 is 0 Å². The first-order valence-electron chi connectivity index (χ1n) is 5.75. The van der Waals surface area contributed by atoms with E-state index in [0.29, 0.717) is 21.2 Å². The Balaban J connectivity index is 2.46. The number of nitrogens with zero attached hydrogens (tertiary/aromatic N) is 2. The zero-order valence-corrected chi connectivity index (χ0v) is 13.3. The second-order valence-electron chi connectivity index (χ2n) is 4.02. The summed E-state index contributed by atoms with van der Waals surface area (Å²) >= 11 is 6.46. The number of ketones is 1. The number of hydrogen-bond acceptors (Lipinski definition) is 2. The summed E-state index contributed by atoms with van der Waals surface area (Å²) in [5.41, 5.74) is 0.421. The van der Waals surface area contributed by atoms with Gasteiger partial charge in [0.05, 0.1) is 16.2 Å². The molecule has 0 atom stereocenters. The highest BCUT2D eigenvalue weighted by Crippen LogP contribution is 2.23. The maximum absolute atomic E-state index is 13.8. The van der Waals surface area contributed by atoms with E-state index in [2.05, 4.69) is 37.0 Å². The minimum absolute atomic E-state index is 0.0433. The predicted molar refractivity (Wildman–Crippen MR) is 77.8 cm³/mol.